The molecule has 18 heavy (non-hydrogen) atoms. The van der Waals surface area contributed by atoms with Crippen molar-refractivity contribution in [3.8, 4) is 0 Å². The molecule has 0 saturated heterocycles. The predicted molar refractivity (Wildman–Crippen MR) is 82.3 cm³/mol. The van der Waals surface area contributed by atoms with Gasteiger partial charge in [0.25, 0.3) is 0 Å². The van der Waals surface area contributed by atoms with Crippen LogP contribution in [0.1, 0.15) is 36.8 Å². The lowest BCUT2D eigenvalue weighted by Gasteiger charge is -2.25. The lowest BCUT2D eigenvalue weighted by atomic mass is 10.1. The van der Waals surface area contributed by atoms with Gasteiger partial charge in [0.05, 0.1) is 0 Å². The summed E-state index contributed by atoms with van der Waals surface area (Å²) in [6.07, 6.45) is 5.57. The van der Waals surface area contributed by atoms with Crippen molar-refractivity contribution in [1.29, 1.82) is 0 Å². The number of rotatable bonds is 4. The molecule has 0 atom stereocenters. The van der Waals surface area contributed by atoms with Crippen LogP contribution >= 0.6 is 12.2 Å². The summed E-state index contributed by atoms with van der Waals surface area (Å²) in [5, 5.41) is 0. The highest BCUT2D eigenvalue weighted by Gasteiger charge is 2.17. The van der Waals surface area contributed by atoms with Crippen molar-refractivity contribution in [3.05, 3.63) is 29.3 Å². The normalized spacial score (nSPS) is 15.9. The summed E-state index contributed by atoms with van der Waals surface area (Å²) in [4.78, 5) is 2.84. The topological polar surface area (TPSA) is 29.3 Å². The number of hydrogen-bond donors (Lipinski definition) is 1. The number of benzene rings is 1. The molecule has 1 fully saturated rings. The lowest BCUT2D eigenvalue weighted by Crippen LogP contribution is -2.24. The third kappa shape index (κ3) is 3.02. The van der Waals surface area contributed by atoms with Crippen LogP contribution in [0.25, 0.3) is 0 Å². The molecular formula is C15H22N2S. The van der Waals surface area contributed by atoms with E-state index in [0.717, 1.165) is 18.0 Å². The Hall–Kier alpha value is -1.09. The first-order valence-electron chi connectivity index (χ1n) is 6.69. The van der Waals surface area contributed by atoms with Crippen molar-refractivity contribution in [2.24, 2.45) is 11.7 Å². The van der Waals surface area contributed by atoms with E-state index < -0.39 is 0 Å². The minimum absolute atomic E-state index is 0.475. The molecule has 0 unspecified atom stereocenters. The fourth-order valence-electron chi connectivity index (χ4n) is 2.92. The maximum absolute atomic E-state index is 5.66. The van der Waals surface area contributed by atoms with Gasteiger partial charge in [-0.15, -0.1) is 0 Å². The SMILES string of the molecule is Cc1cc(C(N)=S)ccc1N(C)CC1CCCC1. The molecule has 1 aromatic carbocycles. The number of nitrogens with zero attached hydrogens (tertiary/aromatic N) is 1. The van der Waals surface area contributed by atoms with Gasteiger partial charge in [0.15, 0.2) is 0 Å². The summed E-state index contributed by atoms with van der Waals surface area (Å²) in [7, 11) is 2.18. The Morgan fingerprint density at radius 3 is 2.61 bits per heavy atom. The summed E-state index contributed by atoms with van der Waals surface area (Å²) in [5.74, 6) is 0.865. The molecule has 0 aliphatic heterocycles. The standard InChI is InChI=1S/C15H22N2S/c1-11-9-13(15(16)18)7-8-14(11)17(2)10-12-5-3-4-6-12/h7-9,12H,3-6,10H2,1-2H3,(H2,16,18). The molecule has 0 spiro atoms. The highest BCUT2D eigenvalue weighted by molar-refractivity contribution is 7.80. The van der Waals surface area contributed by atoms with Crippen LogP contribution in [0.4, 0.5) is 5.69 Å². The first-order valence-corrected chi connectivity index (χ1v) is 7.10. The van der Waals surface area contributed by atoms with Gasteiger partial charge in [-0.25, -0.2) is 0 Å². The van der Waals surface area contributed by atoms with Crippen molar-refractivity contribution in [2.45, 2.75) is 32.6 Å². The van der Waals surface area contributed by atoms with Crippen LogP contribution in [-0.2, 0) is 0 Å². The highest BCUT2D eigenvalue weighted by atomic mass is 32.1. The number of anilines is 1. The molecule has 0 heterocycles. The average Bonchev–Trinajstić information content (AvgIpc) is 2.81. The number of aryl methyl sites for hydroxylation is 1. The van der Waals surface area contributed by atoms with Gasteiger partial charge in [-0.2, -0.15) is 0 Å². The first-order chi connectivity index (χ1) is 8.58. The summed E-state index contributed by atoms with van der Waals surface area (Å²) >= 11 is 5.01. The second-order valence-corrected chi connectivity index (χ2v) is 5.84. The van der Waals surface area contributed by atoms with Crippen LogP contribution in [-0.4, -0.2) is 18.6 Å². The van der Waals surface area contributed by atoms with E-state index in [1.54, 1.807) is 0 Å². The van der Waals surface area contributed by atoms with Gasteiger partial charge in [-0.3, -0.25) is 0 Å². The Bertz CT molecular complexity index is 436. The zero-order chi connectivity index (χ0) is 13.1. The summed E-state index contributed by atoms with van der Waals surface area (Å²) in [5.41, 5.74) is 9.16. The van der Waals surface area contributed by atoms with E-state index in [9.17, 15) is 0 Å². The number of thiocarbonyl (C=S) groups is 1. The highest BCUT2D eigenvalue weighted by Crippen LogP contribution is 2.28. The average molecular weight is 262 g/mol. The molecule has 1 aliphatic carbocycles. The Labute approximate surface area is 115 Å². The fourth-order valence-corrected chi connectivity index (χ4v) is 3.04. The van der Waals surface area contributed by atoms with Crippen molar-refractivity contribution in [3.63, 3.8) is 0 Å². The van der Waals surface area contributed by atoms with Crippen molar-refractivity contribution >= 4 is 22.9 Å². The zero-order valence-corrected chi connectivity index (χ0v) is 12.1. The van der Waals surface area contributed by atoms with E-state index in [4.69, 9.17) is 18.0 Å². The van der Waals surface area contributed by atoms with Crippen LogP contribution in [0, 0.1) is 12.8 Å². The summed E-state index contributed by atoms with van der Waals surface area (Å²) in [6, 6.07) is 6.25. The van der Waals surface area contributed by atoms with Crippen LogP contribution in [0.5, 0.6) is 0 Å². The number of nitrogens with two attached hydrogens (primary N) is 1. The smallest absolute Gasteiger partial charge is 0.103 e. The first kappa shape index (κ1) is 13.3. The molecule has 1 aliphatic rings. The maximum Gasteiger partial charge on any atom is 0.103 e. The van der Waals surface area contributed by atoms with Gasteiger partial charge >= 0.3 is 0 Å². The van der Waals surface area contributed by atoms with Gasteiger partial charge in [0.2, 0.25) is 0 Å². The Balaban J connectivity index is 2.09. The van der Waals surface area contributed by atoms with Gasteiger partial charge in [-0.05, 0) is 49.4 Å². The molecule has 98 valence electrons. The molecule has 1 saturated carbocycles. The van der Waals surface area contributed by atoms with Crippen LogP contribution in [0.15, 0.2) is 18.2 Å². The van der Waals surface area contributed by atoms with Gasteiger partial charge in [-0.1, -0.05) is 25.1 Å². The predicted octanol–water partition coefficient (Wildman–Crippen LogP) is 3.26. The largest absolute Gasteiger partial charge is 0.389 e. The molecule has 0 bridgehead atoms. The summed E-state index contributed by atoms with van der Waals surface area (Å²) < 4.78 is 0. The van der Waals surface area contributed by atoms with Crippen LogP contribution < -0.4 is 10.6 Å². The molecule has 2 N–H and O–H groups in total. The molecule has 1 aromatic rings. The molecule has 0 radical (unpaired) electrons. The van der Waals surface area contributed by atoms with E-state index in [-0.39, 0.29) is 0 Å². The van der Waals surface area contributed by atoms with E-state index in [1.807, 2.05) is 6.07 Å². The minimum atomic E-state index is 0.475. The summed E-state index contributed by atoms with van der Waals surface area (Å²) in [6.45, 7) is 3.29. The van der Waals surface area contributed by atoms with E-state index in [1.165, 1.54) is 36.9 Å². The maximum atomic E-state index is 5.66. The zero-order valence-electron chi connectivity index (χ0n) is 11.3. The monoisotopic (exact) mass is 262 g/mol. The van der Waals surface area contributed by atoms with E-state index >= 15 is 0 Å². The molecule has 3 heteroatoms. The van der Waals surface area contributed by atoms with Crippen LogP contribution in [0.2, 0.25) is 0 Å². The van der Waals surface area contributed by atoms with Crippen molar-refractivity contribution < 1.29 is 0 Å². The Morgan fingerprint density at radius 1 is 1.39 bits per heavy atom. The lowest BCUT2D eigenvalue weighted by molar-refractivity contribution is 0.547. The number of hydrogen-bond acceptors (Lipinski definition) is 2. The van der Waals surface area contributed by atoms with Crippen molar-refractivity contribution in [2.75, 3.05) is 18.5 Å². The molecule has 0 amide bonds. The minimum Gasteiger partial charge on any atom is -0.389 e. The molecule has 0 aromatic heterocycles. The molecule has 2 nitrogen and oxygen atoms in total. The van der Waals surface area contributed by atoms with Gasteiger partial charge < -0.3 is 10.6 Å². The second-order valence-electron chi connectivity index (χ2n) is 5.40. The van der Waals surface area contributed by atoms with Crippen molar-refractivity contribution in [1.82, 2.24) is 0 Å². The molecular weight excluding hydrogens is 240 g/mol. The van der Waals surface area contributed by atoms with Gasteiger partial charge in [0, 0.05) is 24.8 Å². The fraction of sp³-hybridized carbons (Fsp3) is 0.533. The van der Waals surface area contributed by atoms with Gasteiger partial charge in [0.1, 0.15) is 4.99 Å². The van der Waals surface area contributed by atoms with E-state index in [2.05, 4.69) is 31.0 Å². The Morgan fingerprint density at radius 2 is 2.06 bits per heavy atom. The van der Waals surface area contributed by atoms with Crippen LogP contribution in [0.3, 0.4) is 0 Å². The third-order valence-electron chi connectivity index (χ3n) is 3.90. The van der Waals surface area contributed by atoms with E-state index in [0.29, 0.717) is 4.99 Å². The second kappa shape index (κ2) is 5.70. The Kier molecular flexibility index (Phi) is 4.23. The third-order valence-corrected chi connectivity index (χ3v) is 4.14. The molecule has 2 rings (SSSR count). The quantitative estimate of drug-likeness (QED) is 0.845.